The average Bonchev–Trinajstić information content (AvgIpc) is 2.64. The maximum absolute atomic E-state index is 3.97. The van der Waals surface area contributed by atoms with Gasteiger partial charge >= 0.3 is 0 Å². The molecule has 1 aliphatic carbocycles. The third-order valence-corrected chi connectivity index (χ3v) is 2.32. The lowest BCUT2D eigenvalue weighted by Crippen LogP contribution is -1.99. The van der Waals surface area contributed by atoms with Gasteiger partial charge in [0.2, 0.25) is 0 Å². The average molecular weight is 125 g/mol. The van der Waals surface area contributed by atoms with Crippen molar-refractivity contribution in [2.75, 3.05) is 0 Å². The highest BCUT2D eigenvalue weighted by atomic mass is 14.3. The van der Waals surface area contributed by atoms with Crippen molar-refractivity contribution in [3.8, 4) is 0 Å². The van der Waals surface area contributed by atoms with Crippen LogP contribution in [0.4, 0.5) is 0 Å². The molecule has 1 radical (unpaired) electrons. The van der Waals surface area contributed by atoms with Gasteiger partial charge in [0.15, 0.2) is 0 Å². The minimum Gasteiger partial charge on any atom is -0.0654 e. The highest BCUT2D eigenvalue weighted by molar-refractivity contribution is 4.81. The summed E-state index contributed by atoms with van der Waals surface area (Å²) in [6, 6.07) is 0. The van der Waals surface area contributed by atoms with Gasteiger partial charge in [-0.2, -0.15) is 0 Å². The summed E-state index contributed by atoms with van der Waals surface area (Å²) >= 11 is 0. The van der Waals surface area contributed by atoms with Crippen molar-refractivity contribution in [3.05, 3.63) is 6.92 Å². The molecule has 0 aromatic heterocycles. The van der Waals surface area contributed by atoms with E-state index >= 15 is 0 Å². The van der Waals surface area contributed by atoms with Crippen molar-refractivity contribution in [2.45, 2.75) is 39.0 Å². The van der Waals surface area contributed by atoms with Crippen molar-refractivity contribution < 1.29 is 0 Å². The molecule has 0 aromatic rings. The molecule has 0 heteroatoms. The lowest BCUT2D eigenvalue weighted by atomic mass is 9.96. The number of hydrogen-bond donors (Lipinski definition) is 0. The predicted octanol–water partition coefficient (Wildman–Crippen LogP) is 3.04. The van der Waals surface area contributed by atoms with Crippen LogP contribution in [-0.2, 0) is 0 Å². The summed E-state index contributed by atoms with van der Waals surface area (Å²) in [4.78, 5) is 0. The lowest BCUT2D eigenvalue weighted by Gasteiger charge is -2.10. The van der Waals surface area contributed by atoms with Crippen molar-refractivity contribution >= 4 is 0 Å². The van der Waals surface area contributed by atoms with Gasteiger partial charge < -0.3 is 0 Å². The molecule has 0 bridgehead atoms. The van der Waals surface area contributed by atoms with Crippen LogP contribution in [0.15, 0.2) is 0 Å². The van der Waals surface area contributed by atoms with Gasteiger partial charge in [-0.1, -0.05) is 33.1 Å². The second-order valence-corrected chi connectivity index (χ2v) is 3.17. The van der Waals surface area contributed by atoms with Crippen LogP contribution >= 0.6 is 0 Å². The van der Waals surface area contributed by atoms with Gasteiger partial charge in [-0.15, -0.1) is 0 Å². The third-order valence-electron chi connectivity index (χ3n) is 2.32. The van der Waals surface area contributed by atoms with Gasteiger partial charge in [0, 0.05) is 0 Å². The second kappa shape index (κ2) is 3.24. The molecule has 9 heavy (non-hydrogen) atoms. The predicted molar refractivity (Wildman–Crippen MR) is 41.1 cm³/mol. The van der Waals surface area contributed by atoms with Crippen LogP contribution in [0.2, 0.25) is 0 Å². The molecule has 1 aliphatic rings. The molecule has 0 amide bonds. The Kier molecular flexibility index (Phi) is 2.56. The molecule has 0 aliphatic heterocycles. The Labute approximate surface area is 58.7 Å². The van der Waals surface area contributed by atoms with E-state index in [2.05, 4.69) is 13.8 Å². The van der Waals surface area contributed by atoms with E-state index in [9.17, 15) is 0 Å². The maximum Gasteiger partial charge on any atom is -0.0386 e. The van der Waals surface area contributed by atoms with Gasteiger partial charge in [-0.3, -0.25) is 0 Å². The number of rotatable bonds is 4. The highest BCUT2D eigenvalue weighted by Gasteiger charge is 2.28. The summed E-state index contributed by atoms with van der Waals surface area (Å²) in [7, 11) is 0. The zero-order valence-corrected chi connectivity index (χ0v) is 6.40. The molecule has 0 nitrogen and oxygen atoms in total. The minimum absolute atomic E-state index is 0.968. The van der Waals surface area contributed by atoms with E-state index in [1.807, 2.05) is 0 Å². The molecule has 0 aromatic carbocycles. The molecular formula is C9H17. The van der Waals surface area contributed by atoms with E-state index in [1.54, 1.807) is 0 Å². The van der Waals surface area contributed by atoms with Crippen molar-refractivity contribution in [3.63, 3.8) is 0 Å². The summed E-state index contributed by atoms with van der Waals surface area (Å²) < 4.78 is 0. The molecular weight excluding hydrogens is 108 g/mol. The van der Waals surface area contributed by atoms with Gasteiger partial charge in [-0.25, -0.2) is 0 Å². The smallest absolute Gasteiger partial charge is 0.0386 e. The van der Waals surface area contributed by atoms with Crippen LogP contribution < -0.4 is 0 Å². The monoisotopic (exact) mass is 125 g/mol. The van der Waals surface area contributed by atoms with Gasteiger partial charge in [0.05, 0.1) is 0 Å². The molecule has 1 rings (SSSR count). The van der Waals surface area contributed by atoms with Crippen LogP contribution in [0, 0.1) is 18.8 Å². The highest BCUT2D eigenvalue weighted by Crippen LogP contribution is 2.40. The van der Waals surface area contributed by atoms with E-state index in [0.717, 1.165) is 11.8 Å². The Morgan fingerprint density at radius 2 is 2.22 bits per heavy atom. The van der Waals surface area contributed by atoms with Gasteiger partial charge in [-0.05, 0) is 24.7 Å². The normalized spacial score (nSPS) is 22.0. The maximum atomic E-state index is 3.97. The zero-order chi connectivity index (χ0) is 6.69. The largest absolute Gasteiger partial charge is 0.0654 e. The molecule has 1 atom stereocenters. The fraction of sp³-hybridized carbons (Fsp3) is 0.889. The van der Waals surface area contributed by atoms with E-state index in [-0.39, 0.29) is 0 Å². The molecule has 0 N–H and O–H groups in total. The zero-order valence-electron chi connectivity index (χ0n) is 6.40. The summed E-state index contributed by atoms with van der Waals surface area (Å²) in [6.45, 7) is 6.23. The quantitative estimate of drug-likeness (QED) is 0.541. The lowest BCUT2D eigenvalue weighted by molar-refractivity contribution is 0.427. The van der Waals surface area contributed by atoms with E-state index < -0.39 is 0 Å². The first-order valence-corrected chi connectivity index (χ1v) is 4.17. The molecule has 1 unspecified atom stereocenters. The summed E-state index contributed by atoms with van der Waals surface area (Å²) in [6.07, 6.45) is 6.89. The number of hydrogen-bond acceptors (Lipinski definition) is 0. The Hall–Kier alpha value is 0. The summed E-state index contributed by atoms with van der Waals surface area (Å²) in [5, 5.41) is 0. The van der Waals surface area contributed by atoms with Gasteiger partial charge in [0.1, 0.15) is 0 Å². The first-order chi connectivity index (χ1) is 4.38. The molecule has 0 saturated heterocycles. The van der Waals surface area contributed by atoms with Crippen LogP contribution in [0.25, 0.3) is 0 Å². The van der Waals surface area contributed by atoms with Crippen molar-refractivity contribution in [1.82, 2.24) is 0 Å². The third kappa shape index (κ3) is 2.00. The Morgan fingerprint density at radius 3 is 2.56 bits per heavy atom. The fourth-order valence-corrected chi connectivity index (χ4v) is 1.55. The first kappa shape index (κ1) is 7.11. The van der Waals surface area contributed by atoms with E-state index in [4.69, 9.17) is 0 Å². The van der Waals surface area contributed by atoms with Crippen molar-refractivity contribution in [2.24, 2.45) is 11.8 Å². The molecule has 0 spiro atoms. The van der Waals surface area contributed by atoms with Crippen LogP contribution in [-0.4, -0.2) is 0 Å². The van der Waals surface area contributed by atoms with Crippen molar-refractivity contribution in [1.29, 1.82) is 0 Å². The molecule has 1 saturated carbocycles. The van der Waals surface area contributed by atoms with Crippen LogP contribution in [0.3, 0.4) is 0 Å². The molecule has 0 heterocycles. The van der Waals surface area contributed by atoms with Gasteiger partial charge in [0.25, 0.3) is 0 Å². The fourth-order valence-electron chi connectivity index (χ4n) is 1.55. The summed E-state index contributed by atoms with van der Waals surface area (Å²) in [5.74, 6) is 2.04. The Bertz CT molecular complexity index is 72.1. The molecule has 53 valence electrons. The molecule has 1 fully saturated rings. The van der Waals surface area contributed by atoms with E-state index in [1.165, 1.54) is 32.1 Å². The van der Waals surface area contributed by atoms with Crippen LogP contribution in [0.5, 0.6) is 0 Å². The Morgan fingerprint density at radius 1 is 1.56 bits per heavy atom. The second-order valence-electron chi connectivity index (χ2n) is 3.17. The minimum atomic E-state index is 0.968. The standard InChI is InChI=1S/C9H17/c1-3-5-8(4-2)9-6-7-9/h8-9H,2-7H2,1H3. The first-order valence-electron chi connectivity index (χ1n) is 4.17. The van der Waals surface area contributed by atoms with E-state index in [0.29, 0.717) is 0 Å². The topological polar surface area (TPSA) is 0 Å². The summed E-state index contributed by atoms with van der Waals surface area (Å²) in [5.41, 5.74) is 0. The SMILES string of the molecule is [CH2]CC(CCC)C1CC1. The van der Waals surface area contributed by atoms with Crippen LogP contribution in [0.1, 0.15) is 39.0 Å². The Balaban J connectivity index is 2.12.